The average molecular weight is 366 g/mol. The fourth-order valence-electron chi connectivity index (χ4n) is 3.05. The minimum atomic E-state index is -0.672. The Balaban J connectivity index is 1.66. The quantitative estimate of drug-likeness (QED) is 0.861. The SMILES string of the molecule is CC(C)[C@H]1NC(=O)[C@H]2CN(C(=O)Oc3ccc(Cl)cc3)CCN2C1=O. The summed E-state index contributed by atoms with van der Waals surface area (Å²) in [6.07, 6.45) is -0.548. The van der Waals surface area contributed by atoms with Crippen LogP contribution in [-0.4, -0.2) is 59.4 Å². The van der Waals surface area contributed by atoms with Gasteiger partial charge in [0.25, 0.3) is 0 Å². The highest BCUT2D eigenvalue weighted by molar-refractivity contribution is 6.30. The Labute approximate surface area is 150 Å². The molecule has 0 spiro atoms. The second-order valence-electron chi connectivity index (χ2n) is 6.55. The predicted octanol–water partition coefficient (Wildman–Crippen LogP) is 1.51. The van der Waals surface area contributed by atoms with E-state index in [-0.39, 0.29) is 24.3 Å². The van der Waals surface area contributed by atoms with E-state index in [1.807, 2.05) is 13.8 Å². The molecule has 0 radical (unpaired) electrons. The van der Waals surface area contributed by atoms with Crippen LogP contribution in [0.1, 0.15) is 13.8 Å². The van der Waals surface area contributed by atoms with Gasteiger partial charge in [0, 0.05) is 18.1 Å². The van der Waals surface area contributed by atoms with Crippen LogP contribution >= 0.6 is 11.6 Å². The maximum Gasteiger partial charge on any atom is 0.415 e. The van der Waals surface area contributed by atoms with E-state index < -0.39 is 18.2 Å². The summed E-state index contributed by atoms with van der Waals surface area (Å²) in [5.41, 5.74) is 0. The summed E-state index contributed by atoms with van der Waals surface area (Å²) in [6, 6.07) is 5.27. The molecule has 2 saturated heterocycles. The van der Waals surface area contributed by atoms with Gasteiger partial charge in [-0.15, -0.1) is 0 Å². The van der Waals surface area contributed by atoms with E-state index in [0.29, 0.717) is 23.9 Å². The average Bonchev–Trinajstić information content (AvgIpc) is 2.59. The van der Waals surface area contributed by atoms with E-state index in [2.05, 4.69) is 5.32 Å². The lowest BCUT2D eigenvalue weighted by Crippen LogP contribution is -2.70. The van der Waals surface area contributed by atoms with Crippen LogP contribution in [0.3, 0.4) is 0 Å². The molecule has 7 nitrogen and oxygen atoms in total. The zero-order chi connectivity index (χ0) is 18.1. The van der Waals surface area contributed by atoms with Gasteiger partial charge in [0.15, 0.2) is 0 Å². The monoisotopic (exact) mass is 365 g/mol. The van der Waals surface area contributed by atoms with E-state index in [9.17, 15) is 14.4 Å². The fourth-order valence-corrected chi connectivity index (χ4v) is 3.17. The molecule has 134 valence electrons. The summed E-state index contributed by atoms with van der Waals surface area (Å²) in [5.74, 6) is 0.0683. The second-order valence-corrected chi connectivity index (χ2v) is 6.98. The highest BCUT2D eigenvalue weighted by atomic mass is 35.5. The van der Waals surface area contributed by atoms with Crippen LogP contribution in [0.15, 0.2) is 24.3 Å². The minimum absolute atomic E-state index is 0.0188. The summed E-state index contributed by atoms with van der Waals surface area (Å²) >= 11 is 5.80. The summed E-state index contributed by atoms with van der Waals surface area (Å²) < 4.78 is 5.30. The van der Waals surface area contributed by atoms with Gasteiger partial charge in [-0.25, -0.2) is 4.79 Å². The number of hydrogen-bond donors (Lipinski definition) is 1. The topological polar surface area (TPSA) is 79.0 Å². The first-order valence-corrected chi connectivity index (χ1v) is 8.58. The number of amides is 3. The van der Waals surface area contributed by atoms with E-state index in [1.54, 1.807) is 29.2 Å². The molecular weight excluding hydrogens is 346 g/mol. The summed E-state index contributed by atoms with van der Waals surface area (Å²) in [5, 5.41) is 3.30. The van der Waals surface area contributed by atoms with Gasteiger partial charge >= 0.3 is 6.09 Å². The Hall–Kier alpha value is -2.28. The molecule has 1 N–H and O–H groups in total. The summed E-state index contributed by atoms with van der Waals surface area (Å²) in [4.78, 5) is 40.2. The van der Waals surface area contributed by atoms with Crippen molar-refractivity contribution in [2.45, 2.75) is 25.9 Å². The molecular formula is C17H20ClN3O4. The molecule has 0 aromatic heterocycles. The van der Waals surface area contributed by atoms with Gasteiger partial charge in [-0.3, -0.25) is 9.59 Å². The first-order chi connectivity index (χ1) is 11.9. The van der Waals surface area contributed by atoms with Gasteiger partial charge in [-0.1, -0.05) is 25.4 Å². The minimum Gasteiger partial charge on any atom is -0.410 e. The Morgan fingerprint density at radius 1 is 1.24 bits per heavy atom. The molecule has 2 fully saturated rings. The van der Waals surface area contributed by atoms with E-state index in [1.165, 1.54) is 4.90 Å². The third-order valence-corrected chi connectivity index (χ3v) is 4.73. The number of ether oxygens (including phenoxy) is 1. The standard InChI is InChI=1S/C17H20ClN3O4/c1-10(2)14-16(23)21-8-7-20(9-13(21)15(22)19-14)17(24)25-12-5-3-11(18)4-6-12/h3-6,10,13-14H,7-9H2,1-2H3,(H,19,22)/t13-,14-/m1/s1. The molecule has 2 atom stereocenters. The third kappa shape index (κ3) is 3.56. The van der Waals surface area contributed by atoms with Crippen molar-refractivity contribution in [3.63, 3.8) is 0 Å². The maximum atomic E-state index is 12.5. The van der Waals surface area contributed by atoms with Crippen LogP contribution in [0, 0.1) is 5.92 Å². The molecule has 0 unspecified atom stereocenters. The lowest BCUT2D eigenvalue weighted by molar-refractivity contribution is -0.153. The molecule has 0 saturated carbocycles. The predicted molar refractivity (Wildman–Crippen MR) is 91.3 cm³/mol. The van der Waals surface area contributed by atoms with Crippen molar-refractivity contribution in [3.05, 3.63) is 29.3 Å². The van der Waals surface area contributed by atoms with Crippen molar-refractivity contribution in [3.8, 4) is 5.75 Å². The molecule has 3 rings (SSSR count). The molecule has 2 aliphatic heterocycles. The zero-order valence-electron chi connectivity index (χ0n) is 14.1. The number of hydrogen-bond acceptors (Lipinski definition) is 4. The second kappa shape index (κ2) is 6.92. The van der Waals surface area contributed by atoms with Crippen LogP contribution in [0.5, 0.6) is 5.75 Å². The normalized spacial score (nSPS) is 23.4. The molecule has 2 heterocycles. The van der Waals surface area contributed by atoms with Gasteiger partial charge in [-0.05, 0) is 30.2 Å². The Kier molecular flexibility index (Phi) is 4.85. The maximum absolute atomic E-state index is 12.5. The van der Waals surface area contributed by atoms with E-state index >= 15 is 0 Å². The van der Waals surface area contributed by atoms with E-state index in [0.717, 1.165) is 0 Å². The van der Waals surface area contributed by atoms with Gasteiger partial charge in [0.2, 0.25) is 11.8 Å². The summed E-state index contributed by atoms with van der Waals surface area (Å²) in [6.45, 7) is 4.54. The molecule has 3 amide bonds. The van der Waals surface area contributed by atoms with Crippen molar-refractivity contribution in [2.24, 2.45) is 5.92 Å². The number of benzene rings is 1. The molecule has 2 aliphatic rings. The Morgan fingerprint density at radius 3 is 2.56 bits per heavy atom. The highest BCUT2D eigenvalue weighted by Gasteiger charge is 2.45. The lowest BCUT2D eigenvalue weighted by Gasteiger charge is -2.45. The highest BCUT2D eigenvalue weighted by Crippen LogP contribution is 2.21. The number of nitrogens with one attached hydrogen (secondary N) is 1. The van der Waals surface area contributed by atoms with Crippen LogP contribution in [0.25, 0.3) is 0 Å². The molecule has 8 heteroatoms. The molecule has 1 aromatic rings. The smallest absolute Gasteiger partial charge is 0.410 e. The van der Waals surface area contributed by atoms with Gasteiger partial charge < -0.3 is 19.9 Å². The Morgan fingerprint density at radius 2 is 1.92 bits per heavy atom. The van der Waals surface area contributed by atoms with Crippen molar-refractivity contribution in [1.82, 2.24) is 15.1 Å². The van der Waals surface area contributed by atoms with Crippen LogP contribution in [-0.2, 0) is 9.59 Å². The molecule has 0 bridgehead atoms. The Bertz CT molecular complexity index is 692. The van der Waals surface area contributed by atoms with Crippen LogP contribution in [0.2, 0.25) is 5.02 Å². The number of rotatable bonds is 2. The van der Waals surface area contributed by atoms with Crippen molar-refractivity contribution >= 4 is 29.5 Å². The van der Waals surface area contributed by atoms with Gasteiger partial charge in [0.1, 0.15) is 17.8 Å². The van der Waals surface area contributed by atoms with Gasteiger partial charge in [-0.2, -0.15) is 0 Å². The number of fused-ring (bicyclic) bond motifs is 1. The molecule has 0 aliphatic carbocycles. The van der Waals surface area contributed by atoms with Gasteiger partial charge in [0.05, 0.1) is 6.54 Å². The largest absolute Gasteiger partial charge is 0.415 e. The van der Waals surface area contributed by atoms with Crippen LogP contribution in [0.4, 0.5) is 4.79 Å². The zero-order valence-corrected chi connectivity index (χ0v) is 14.8. The van der Waals surface area contributed by atoms with E-state index in [4.69, 9.17) is 16.3 Å². The number of nitrogens with zero attached hydrogens (tertiary/aromatic N) is 2. The fraction of sp³-hybridized carbons (Fsp3) is 0.471. The number of piperazine rings is 2. The number of halogens is 1. The molecule has 25 heavy (non-hydrogen) atoms. The van der Waals surface area contributed by atoms with Crippen molar-refractivity contribution in [1.29, 1.82) is 0 Å². The molecule has 1 aromatic carbocycles. The lowest BCUT2D eigenvalue weighted by atomic mass is 9.96. The van der Waals surface area contributed by atoms with Crippen LogP contribution < -0.4 is 10.1 Å². The van der Waals surface area contributed by atoms with Crippen molar-refractivity contribution in [2.75, 3.05) is 19.6 Å². The first kappa shape index (κ1) is 17.5. The number of carbonyl (C=O) groups is 3. The number of carbonyl (C=O) groups excluding carboxylic acids is 3. The first-order valence-electron chi connectivity index (χ1n) is 8.20. The summed E-state index contributed by atoms with van der Waals surface area (Å²) in [7, 11) is 0. The third-order valence-electron chi connectivity index (χ3n) is 4.47. The van der Waals surface area contributed by atoms with Crippen molar-refractivity contribution < 1.29 is 19.1 Å².